The van der Waals surface area contributed by atoms with Gasteiger partial charge in [-0.15, -0.1) is 0 Å². The predicted octanol–water partition coefficient (Wildman–Crippen LogP) is 3.55. The van der Waals surface area contributed by atoms with Gasteiger partial charge in [0.1, 0.15) is 6.04 Å². The third-order valence-electron chi connectivity index (χ3n) is 4.24. The molecule has 1 N–H and O–H groups in total. The summed E-state index contributed by atoms with van der Waals surface area (Å²) in [4.78, 5) is 38.1. The summed E-state index contributed by atoms with van der Waals surface area (Å²) in [5, 5.41) is 9.42. The number of carbonyl (C=O) groups excluding carboxylic acids is 2. The number of benzene rings is 2. The van der Waals surface area contributed by atoms with Gasteiger partial charge in [-0.1, -0.05) is 61.5 Å². The Morgan fingerprint density at radius 2 is 1.67 bits per heavy atom. The number of ketones is 1. The van der Waals surface area contributed by atoms with Gasteiger partial charge in [0, 0.05) is 17.7 Å². The SMILES string of the molecule is CCCC(=O)N(CC(=O)c1ccccc1-c1ccccc1)[C@H](CS)C(=O)O. The number of aliphatic carboxylic acids is 1. The minimum Gasteiger partial charge on any atom is -0.480 e. The van der Waals surface area contributed by atoms with E-state index in [1.54, 1.807) is 12.1 Å². The number of carboxylic acid groups (broad SMARTS) is 1. The molecule has 0 aliphatic rings. The van der Waals surface area contributed by atoms with Crippen LogP contribution in [0, 0.1) is 0 Å². The molecule has 0 bridgehead atoms. The van der Waals surface area contributed by atoms with E-state index in [0.717, 1.165) is 16.0 Å². The fourth-order valence-electron chi connectivity index (χ4n) is 2.88. The summed E-state index contributed by atoms with van der Waals surface area (Å²) in [7, 11) is 0. The van der Waals surface area contributed by atoms with Crippen LogP contribution >= 0.6 is 12.6 Å². The number of nitrogens with zero attached hydrogens (tertiary/aromatic N) is 1. The van der Waals surface area contributed by atoms with Crippen LogP contribution in [-0.2, 0) is 9.59 Å². The lowest BCUT2D eigenvalue weighted by atomic mass is 9.96. The zero-order chi connectivity index (χ0) is 19.8. The van der Waals surface area contributed by atoms with Crippen molar-refractivity contribution >= 4 is 30.3 Å². The van der Waals surface area contributed by atoms with E-state index in [1.807, 2.05) is 49.4 Å². The Morgan fingerprint density at radius 1 is 1.04 bits per heavy atom. The standard InChI is InChI=1S/C21H23NO4S/c1-2-8-20(24)22(18(14-27)21(25)26)13-19(23)17-12-7-6-11-16(17)15-9-4-3-5-10-15/h3-7,9-12,18,27H,2,8,13-14H2,1H3,(H,25,26)/t18-/m1/s1. The lowest BCUT2D eigenvalue weighted by Crippen LogP contribution is -2.48. The molecule has 0 saturated carbocycles. The third-order valence-corrected chi connectivity index (χ3v) is 4.59. The molecule has 0 aliphatic carbocycles. The van der Waals surface area contributed by atoms with Gasteiger partial charge in [0.15, 0.2) is 5.78 Å². The minimum atomic E-state index is -1.17. The van der Waals surface area contributed by atoms with E-state index in [0.29, 0.717) is 12.0 Å². The highest BCUT2D eigenvalue weighted by molar-refractivity contribution is 7.80. The molecule has 142 valence electrons. The van der Waals surface area contributed by atoms with Gasteiger partial charge in [-0.05, 0) is 17.5 Å². The van der Waals surface area contributed by atoms with Crippen LogP contribution in [0.4, 0.5) is 0 Å². The van der Waals surface area contributed by atoms with Crippen LogP contribution < -0.4 is 0 Å². The van der Waals surface area contributed by atoms with E-state index in [-0.39, 0.29) is 30.4 Å². The lowest BCUT2D eigenvalue weighted by molar-refractivity contribution is -0.148. The van der Waals surface area contributed by atoms with Crippen LogP contribution in [0.5, 0.6) is 0 Å². The molecule has 0 unspecified atom stereocenters. The molecule has 2 aromatic rings. The molecule has 1 atom stereocenters. The highest BCUT2D eigenvalue weighted by Gasteiger charge is 2.30. The van der Waals surface area contributed by atoms with Crippen LogP contribution in [0.3, 0.4) is 0 Å². The Kier molecular flexibility index (Phi) is 7.61. The smallest absolute Gasteiger partial charge is 0.327 e. The molecular formula is C21H23NO4S. The topological polar surface area (TPSA) is 74.7 Å². The molecule has 1 amide bonds. The summed E-state index contributed by atoms with van der Waals surface area (Å²) in [6.07, 6.45) is 0.758. The molecule has 2 rings (SSSR count). The molecule has 0 aliphatic heterocycles. The fourth-order valence-corrected chi connectivity index (χ4v) is 3.23. The van der Waals surface area contributed by atoms with Crippen LogP contribution in [0.2, 0.25) is 0 Å². The number of rotatable bonds is 9. The molecule has 0 radical (unpaired) electrons. The van der Waals surface area contributed by atoms with E-state index in [1.165, 1.54) is 0 Å². The van der Waals surface area contributed by atoms with Crippen LogP contribution in [0.25, 0.3) is 11.1 Å². The molecule has 0 fully saturated rings. The van der Waals surface area contributed by atoms with E-state index in [9.17, 15) is 19.5 Å². The number of amides is 1. The maximum Gasteiger partial charge on any atom is 0.327 e. The highest BCUT2D eigenvalue weighted by atomic mass is 32.1. The first-order valence-electron chi connectivity index (χ1n) is 8.80. The molecule has 0 aromatic heterocycles. The number of hydrogen-bond acceptors (Lipinski definition) is 4. The molecule has 0 heterocycles. The second-order valence-corrected chi connectivity index (χ2v) is 6.51. The van der Waals surface area contributed by atoms with Crippen molar-refractivity contribution in [1.29, 1.82) is 0 Å². The fraction of sp³-hybridized carbons (Fsp3) is 0.286. The van der Waals surface area contributed by atoms with Crippen molar-refractivity contribution in [2.24, 2.45) is 0 Å². The maximum absolute atomic E-state index is 13.0. The van der Waals surface area contributed by atoms with Crippen molar-refractivity contribution in [3.05, 3.63) is 60.2 Å². The third kappa shape index (κ3) is 5.20. The quantitative estimate of drug-likeness (QED) is 0.511. The number of carboxylic acids is 1. The average Bonchev–Trinajstić information content (AvgIpc) is 2.68. The van der Waals surface area contributed by atoms with Gasteiger partial charge >= 0.3 is 5.97 Å². The second-order valence-electron chi connectivity index (χ2n) is 6.14. The van der Waals surface area contributed by atoms with E-state index < -0.39 is 12.0 Å². The van der Waals surface area contributed by atoms with Gasteiger partial charge in [0.2, 0.25) is 5.91 Å². The molecule has 0 saturated heterocycles. The maximum atomic E-state index is 13.0. The zero-order valence-electron chi connectivity index (χ0n) is 15.2. The Labute approximate surface area is 164 Å². The molecule has 27 heavy (non-hydrogen) atoms. The van der Waals surface area contributed by atoms with Crippen LogP contribution in [0.15, 0.2) is 54.6 Å². The minimum absolute atomic E-state index is 0.0571. The number of thiol groups is 1. The van der Waals surface area contributed by atoms with E-state index in [4.69, 9.17) is 0 Å². The van der Waals surface area contributed by atoms with Crippen LogP contribution in [-0.4, -0.2) is 46.0 Å². The number of carbonyl (C=O) groups is 3. The molecule has 0 spiro atoms. The van der Waals surface area contributed by atoms with Gasteiger partial charge in [-0.3, -0.25) is 9.59 Å². The first-order chi connectivity index (χ1) is 13.0. The Balaban J connectivity index is 2.36. The van der Waals surface area contributed by atoms with Crippen molar-refractivity contribution in [1.82, 2.24) is 4.90 Å². The average molecular weight is 385 g/mol. The second kappa shape index (κ2) is 9.92. The summed E-state index contributed by atoms with van der Waals surface area (Å²) in [5.74, 6) is -1.88. The van der Waals surface area contributed by atoms with Crippen molar-refractivity contribution in [2.75, 3.05) is 12.3 Å². The van der Waals surface area contributed by atoms with Gasteiger partial charge in [-0.25, -0.2) is 4.79 Å². The molecule has 6 heteroatoms. The summed E-state index contributed by atoms with van der Waals surface area (Å²) in [6, 6.07) is 15.5. The zero-order valence-corrected chi connectivity index (χ0v) is 16.1. The largest absolute Gasteiger partial charge is 0.480 e. The van der Waals surface area contributed by atoms with Gasteiger partial charge in [0.05, 0.1) is 6.54 Å². The first kappa shape index (κ1) is 20.7. The monoisotopic (exact) mass is 385 g/mol. The first-order valence-corrected chi connectivity index (χ1v) is 9.43. The van der Waals surface area contributed by atoms with Crippen molar-refractivity contribution in [2.45, 2.75) is 25.8 Å². The summed E-state index contributed by atoms with van der Waals surface area (Å²) >= 11 is 4.06. The van der Waals surface area contributed by atoms with E-state index >= 15 is 0 Å². The van der Waals surface area contributed by atoms with E-state index in [2.05, 4.69) is 12.6 Å². The normalized spacial score (nSPS) is 11.6. The van der Waals surface area contributed by atoms with Gasteiger partial charge in [0.25, 0.3) is 0 Å². The van der Waals surface area contributed by atoms with Gasteiger partial charge in [-0.2, -0.15) is 12.6 Å². The number of Topliss-reactive ketones (excluding diaryl/α,β-unsaturated/α-hetero) is 1. The molecule has 5 nitrogen and oxygen atoms in total. The lowest BCUT2D eigenvalue weighted by Gasteiger charge is -2.27. The Morgan fingerprint density at radius 3 is 2.26 bits per heavy atom. The van der Waals surface area contributed by atoms with Crippen molar-refractivity contribution in [3.63, 3.8) is 0 Å². The van der Waals surface area contributed by atoms with Crippen molar-refractivity contribution < 1.29 is 19.5 Å². The number of hydrogen-bond donors (Lipinski definition) is 2. The van der Waals surface area contributed by atoms with Crippen LogP contribution in [0.1, 0.15) is 30.1 Å². The predicted molar refractivity (Wildman–Crippen MR) is 108 cm³/mol. The molecule has 2 aromatic carbocycles. The Hall–Kier alpha value is -2.60. The van der Waals surface area contributed by atoms with Gasteiger partial charge < -0.3 is 10.0 Å². The Bertz CT molecular complexity index is 807. The molecular weight excluding hydrogens is 362 g/mol. The summed E-state index contributed by atoms with van der Waals surface area (Å²) in [6.45, 7) is 1.54. The summed E-state index contributed by atoms with van der Waals surface area (Å²) < 4.78 is 0. The summed E-state index contributed by atoms with van der Waals surface area (Å²) in [5.41, 5.74) is 2.10. The highest BCUT2D eigenvalue weighted by Crippen LogP contribution is 2.24. The van der Waals surface area contributed by atoms with Crippen molar-refractivity contribution in [3.8, 4) is 11.1 Å².